The van der Waals surface area contributed by atoms with Crippen molar-refractivity contribution in [1.82, 2.24) is 9.97 Å². The van der Waals surface area contributed by atoms with Crippen molar-refractivity contribution in [1.29, 1.82) is 0 Å². The second-order valence-corrected chi connectivity index (χ2v) is 9.38. The summed E-state index contributed by atoms with van der Waals surface area (Å²) in [6, 6.07) is 9.55. The highest BCUT2D eigenvalue weighted by atomic mass is 19.1. The zero-order chi connectivity index (χ0) is 26.0. The van der Waals surface area contributed by atoms with Gasteiger partial charge in [0, 0.05) is 58.9 Å². The van der Waals surface area contributed by atoms with Gasteiger partial charge >= 0.3 is 0 Å². The number of benzene rings is 2. The predicted molar refractivity (Wildman–Crippen MR) is 133 cm³/mol. The smallest absolute Gasteiger partial charge is 0.292 e. The van der Waals surface area contributed by atoms with Crippen molar-refractivity contribution in [2.45, 2.75) is 44.3 Å². The van der Waals surface area contributed by atoms with Crippen LogP contribution >= 0.6 is 0 Å². The lowest BCUT2D eigenvalue weighted by Crippen LogP contribution is -2.36. The van der Waals surface area contributed by atoms with E-state index < -0.39 is 5.79 Å². The van der Waals surface area contributed by atoms with Crippen LogP contribution in [0.3, 0.4) is 0 Å². The molecule has 2 aliphatic carbocycles. The largest absolute Gasteiger partial charge is 0.471 e. The summed E-state index contributed by atoms with van der Waals surface area (Å²) in [4.78, 5) is 26.9. The molecule has 0 saturated carbocycles. The monoisotopic (exact) mass is 510 g/mol. The third-order valence-corrected chi connectivity index (χ3v) is 7.05. The van der Waals surface area contributed by atoms with Gasteiger partial charge in [0.05, 0.1) is 20.3 Å². The first-order valence-corrected chi connectivity index (χ1v) is 12.3. The summed E-state index contributed by atoms with van der Waals surface area (Å²) >= 11 is 0. The average molecular weight is 511 g/mol. The summed E-state index contributed by atoms with van der Waals surface area (Å²) in [6.07, 6.45) is 4.28. The molecular formula is C28H28F2N2O5. The number of Topliss-reactive ketones (excluding diaryl/α,β-unsaturated/α-hetero) is 1. The van der Waals surface area contributed by atoms with E-state index in [1.54, 1.807) is 18.2 Å². The maximum absolute atomic E-state index is 13.4. The van der Waals surface area contributed by atoms with Crippen LogP contribution in [0.25, 0.3) is 21.8 Å². The van der Waals surface area contributed by atoms with Gasteiger partial charge in [0.15, 0.2) is 5.79 Å². The fourth-order valence-corrected chi connectivity index (χ4v) is 5.35. The Hall–Kier alpha value is -3.56. The van der Waals surface area contributed by atoms with Gasteiger partial charge in [0.25, 0.3) is 6.47 Å². The molecule has 4 aromatic rings. The van der Waals surface area contributed by atoms with Gasteiger partial charge in [-0.15, -0.1) is 0 Å². The van der Waals surface area contributed by atoms with Crippen molar-refractivity contribution in [2.75, 3.05) is 20.3 Å². The van der Waals surface area contributed by atoms with Gasteiger partial charge in [-0.05, 0) is 60.4 Å². The topological polar surface area (TPSA) is 93.4 Å². The number of carbonyl (C=O) groups excluding carboxylic acids is 2. The van der Waals surface area contributed by atoms with Gasteiger partial charge < -0.3 is 24.2 Å². The maximum Gasteiger partial charge on any atom is 0.292 e. The molecule has 0 radical (unpaired) electrons. The zero-order valence-electron chi connectivity index (χ0n) is 20.5. The number of rotatable bonds is 1. The van der Waals surface area contributed by atoms with E-state index in [1.165, 1.54) is 31.0 Å². The van der Waals surface area contributed by atoms with Crippen molar-refractivity contribution in [3.8, 4) is 0 Å². The van der Waals surface area contributed by atoms with Crippen LogP contribution in [0, 0.1) is 11.6 Å². The molecule has 37 heavy (non-hydrogen) atoms. The molecule has 0 amide bonds. The molecule has 7 nitrogen and oxygen atoms in total. The summed E-state index contributed by atoms with van der Waals surface area (Å²) in [7, 11) is 1.31. The normalized spacial score (nSPS) is 17.4. The van der Waals surface area contributed by atoms with Gasteiger partial charge in [0.1, 0.15) is 17.4 Å². The average Bonchev–Trinajstić information content (AvgIpc) is 3.60. The van der Waals surface area contributed by atoms with Crippen LogP contribution in [0.5, 0.6) is 0 Å². The maximum atomic E-state index is 13.4. The van der Waals surface area contributed by atoms with Crippen LogP contribution in [-0.2, 0) is 49.5 Å². The van der Waals surface area contributed by atoms with E-state index in [-0.39, 0.29) is 17.4 Å². The Morgan fingerprint density at radius 1 is 0.892 bits per heavy atom. The molecule has 194 valence electrons. The molecular weight excluding hydrogens is 482 g/mol. The molecule has 2 aromatic carbocycles. The number of hydrogen-bond acceptors (Lipinski definition) is 5. The van der Waals surface area contributed by atoms with Crippen LogP contribution in [0.1, 0.15) is 35.4 Å². The highest BCUT2D eigenvalue weighted by molar-refractivity contribution is 5.92. The van der Waals surface area contributed by atoms with Gasteiger partial charge in [0.2, 0.25) is 0 Å². The highest BCUT2D eigenvalue weighted by Crippen LogP contribution is 2.38. The molecule has 7 rings (SSSR count). The van der Waals surface area contributed by atoms with Crippen LogP contribution in [0.2, 0.25) is 0 Å². The third kappa shape index (κ3) is 5.14. The Labute approximate surface area is 212 Å². The van der Waals surface area contributed by atoms with Crippen molar-refractivity contribution in [3.63, 3.8) is 0 Å². The van der Waals surface area contributed by atoms with E-state index >= 15 is 0 Å². The fraction of sp³-hybridized carbons (Fsp3) is 0.357. The SMILES string of the molecule is COC=O.Fc1ccc2[nH]c3c(c2c1)CC1(CC3)OCCO1.O=C1CCc2[nH]c3ccc(F)cc3c2C1. The minimum Gasteiger partial charge on any atom is -0.471 e. The number of ether oxygens (including phenoxy) is 3. The van der Waals surface area contributed by atoms with Crippen LogP contribution < -0.4 is 0 Å². The Bertz CT molecular complexity index is 1450. The van der Waals surface area contributed by atoms with E-state index in [0.29, 0.717) is 38.9 Å². The Morgan fingerprint density at radius 3 is 2.05 bits per heavy atom. The molecule has 0 bridgehead atoms. The van der Waals surface area contributed by atoms with E-state index in [9.17, 15) is 13.6 Å². The predicted octanol–water partition coefficient (Wildman–Crippen LogP) is 4.69. The fourth-order valence-electron chi connectivity index (χ4n) is 5.35. The Balaban J connectivity index is 0.000000135. The molecule has 1 fully saturated rings. The molecule has 1 saturated heterocycles. The number of nitrogens with one attached hydrogen (secondary N) is 2. The van der Waals surface area contributed by atoms with E-state index in [0.717, 1.165) is 57.9 Å². The van der Waals surface area contributed by atoms with Crippen molar-refractivity contribution < 1.29 is 32.6 Å². The molecule has 3 aliphatic rings. The summed E-state index contributed by atoms with van der Waals surface area (Å²) in [5.41, 5.74) is 6.35. The Kier molecular flexibility index (Phi) is 7.08. The van der Waals surface area contributed by atoms with Crippen molar-refractivity contribution in [3.05, 3.63) is 70.5 Å². The number of aromatic amines is 2. The second-order valence-electron chi connectivity index (χ2n) is 9.38. The highest BCUT2D eigenvalue weighted by Gasteiger charge is 2.41. The first kappa shape index (κ1) is 25.1. The first-order valence-electron chi connectivity index (χ1n) is 12.3. The van der Waals surface area contributed by atoms with E-state index in [4.69, 9.17) is 14.3 Å². The molecule has 2 aromatic heterocycles. The molecule has 0 atom stereocenters. The molecule has 9 heteroatoms. The molecule has 0 unspecified atom stereocenters. The lowest BCUT2D eigenvalue weighted by atomic mass is 9.90. The number of hydrogen-bond donors (Lipinski definition) is 2. The lowest BCUT2D eigenvalue weighted by molar-refractivity contribution is -0.163. The number of ketones is 1. The Morgan fingerprint density at radius 2 is 1.46 bits per heavy atom. The first-order chi connectivity index (χ1) is 17.9. The number of aryl methyl sites for hydroxylation is 2. The summed E-state index contributed by atoms with van der Waals surface area (Å²) < 4.78 is 41.8. The van der Waals surface area contributed by atoms with Crippen LogP contribution in [0.15, 0.2) is 36.4 Å². The zero-order valence-corrected chi connectivity index (χ0v) is 20.5. The minimum atomic E-state index is -0.464. The summed E-state index contributed by atoms with van der Waals surface area (Å²) in [5, 5.41) is 1.82. The minimum absolute atomic E-state index is 0.197. The standard InChI is InChI=1S/C14H14FNO2.C12H10FNO.C2H4O2/c15-9-1-2-12-10(7-9)11-8-14(17-5-6-18-14)4-3-13(11)16-12;13-7-1-3-11-9(5-7)10-6-8(15)2-4-12(10)14-11;1-4-2-3/h1-2,7,16H,3-6,8H2;1,3,5,14H,2,4,6H2;2H,1H3. The van der Waals surface area contributed by atoms with Crippen molar-refractivity contribution in [2.24, 2.45) is 0 Å². The molecule has 3 heterocycles. The van der Waals surface area contributed by atoms with E-state index in [1.807, 2.05) is 0 Å². The van der Waals surface area contributed by atoms with Gasteiger partial charge in [-0.3, -0.25) is 9.59 Å². The number of H-pyrrole nitrogens is 2. The molecule has 1 spiro atoms. The van der Waals surface area contributed by atoms with Gasteiger partial charge in [-0.25, -0.2) is 8.78 Å². The van der Waals surface area contributed by atoms with Gasteiger partial charge in [-0.2, -0.15) is 0 Å². The summed E-state index contributed by atoms with van der Waals surface area (Å²) in [5.74, 6) is -0.666. The summed E-state index contributed by atoms with van der Waals surface area (Å²) in [6.45, 7) is 1.69. The molecule has 2 N–H and O–H groups in total. The third-order valence-electron chi connectivity index (χ3n) is 7.05. The molecule has 1 aliphatic heterocycles. The number of halogens is 2. The van der Waals surface area contributed by atoms with Crippen LogP contribution in [-0.4, -0.2) is 48.3 Å². The quantitative estimate of drug-likeness (QED) is 0.363. The number of fused-ring (bicyclic) bond motifs is 6. The van der Waals surface area contributed by atoms with Crippen LogP contribution in [0.4, 0.5) is 8.78 Å². The second kappa shape index (κ2) is 10.4. The van der Waals surface area contributed by atoms with E-state index in [2.05, 4.69) is 14.7 Å². The lowest BCUT2D eigenvalue weighted by Gasteiger charge is -2.31. The number of aromatic nitrogens is 2. The number of methoxy groups -OCH3 is 1. The van der Waals surface area contributed by atoms with Crippen molar-refractivity contribution >= 4 is 34.1 Å². The number of carbonyl (C=O) groups is 2. The van der Waals surface area contributed by atoms with Gasteiger partial charge in [-0.1, -0.05) is 0 Å².